The van der Waals surface area contributed by atoms with Crippen LogP contribution in [0.1, 0.15) is 50.6 Å². The number of sulfonamides is 1. The summed E-state index contributed by atoms with van der Waals surface area (Å²) in [5, 5.41) is 18.3. The minimum atomic E-state index is -3.75. The fraction of sp³-hybridized carbons (Fsp3) is 0.524. The zero-order valence-corrected chi connectivity index (χ0v) is 18.8. The van der Waals surface area contributed by atoms with E-state index in [1.54, 1.807) is 12.1 Å². The minimum absolute atomic E-state index is 0.0153. The normalized spacial score (nSPS) is 15.4. The van der Waals surface area contributed by atoms with E-state index in [2.05, 4.69) is 15.2 Å². The molecule has 9 heteroatoms. The number of aliphatic hydroxyl groups excluding tert-OH is 1. The SMILES string of the molecule is CC(C)c1nc(N[C@@H](CO)C(C)C)cc(N2CCc3ccc(S(N)(=O)=O)cc3C2)n1. The number of nitrogens with two attached hydrogens (primary N) is 1. The van der Waals surface area contributed by atoms with Crippen LogP contribution in [0.15, 0.2) is 29.2 Å². The quantitative estimate of drug-likeness (QED) is 0.612. The van der Waals surface area contributed by atoms with Crippen molar-refractivity contribution in [3.05, 3.63) is 41.2 Å². The molecule has 8 nitrogen and oxygen atoms in total. The fourth-order valence-electron chi connectivity index (χ4n) is 3.47. The number of aliphatic hydroxyl groups is 1. The van der Waals surface area contributed by atoms with E-state index >= 15 is 0 Å². The molecule has 1 aromatic carbocycles. The molecule has 1 aliphatic rings. The number of fused-ring (bicyclic) bond motifs is 1. The van der Waals surface area contributed by atoms with Crippen molar-refractivity contribution in [2.24, 2.45) is 11.1 Å². The van der Waals surface area contributed by atoms with Gasteiger partial charge in [-0.2, -0.15) is 0 Å². The lowest BCUT2D eigenvalue weighted by Gasteiger charge is -2.31. The Balaban J connectivity index is 1.93. The van der Waals surface area contributed by atoms with Crippen molar-refractivity contribution in [1.29, 1.82) is 0 Å². The van der Waals surface area contributed by atoms with Gasteiger partial charge in [-0.25, -0.2) is 23.5 Å². The zero-order valence-electron chi connectivity index (χ0n) is 18.0. The van der Waals surface area contributed by atoms with Gasteiger partial charge in [0, 0.05) is 25.1 Å². The number of hydrogen-bond donors (Lipinski definition) is 3. The van der Waals surface area contributed by atoms with Gasteiger partial charge in [0.1, 0.15) is 17.5 Å². The van der Waals surface area contributed by atoms with E-state index in [9.17, 15) is 13.5 Å². The highest BCUT2D eigenvalue weighted by Gasteiger charge is 2.22. The first-order valence-corrected chi connectivity index (χ1v) is 11.8. The molecule has 0 unspecified atom stereocenters. The van der Waals surface area contributed by atoms with Crippen LogP contribution >= 0.6 is 0 Å². The molecule has 2 heterocycles. The predicted octanol–water partition coefficient (Wildman–Crippen LogP) is 2.24. The van der Waals surface area contributed by atoms with Crippen molar-refractivity contribution in [3.63, 3.8) is 0 Å². The lowest BCUT2D eigenvalue weighted by molar-refractivity contribution is 0.249. The number of nitrogens with one attached hydrogen (secondary N) is 1. The summed E-state index contributed by atoms with van der Waals surface area (Å²) in [6, 6.07) is 6.85. The number of nitrogens with zero attached hydrogens (tertiary/aromatic N) is 3. The Labute approximate surface area is 178 Å². The second-order valence-corrected chi connectivity index (χ2v) is 10.0. The second-order valence-electron chi connectivity index (χ2n) is 8.45. The Hall–Kier alpha value is -2.23. The van der Waals surface area contributed by atoms with Gasteiger partial charge < -0.3 is 15.3 Å². The summed E-state index contributed by atoms with van der Waals surface area (Å²) in [7, 11) is -3.75. The van der Waals surface area contributed by atoms with E-state index in [1.165, 1.54) is 0 Å². The molecule has 0 fully saturated rings. The van der Waals surface area contributed by atoms with Crippen LogP contribution < -0.4 is 15.4 Å². The van der Waals surface area contributed by atoms with Gasteiger partial charge >= 0.3 is 0 Å². The van der Waals surface area contributed by atoms with Crippen LogP contribution in [-0.2, 0) is 23.0 Å². The molecule has 4 N–H and O–H groups in total. The minimum Gasteiger partial charge on any atom is -0.394 e. The van der Waals surface area contributed by atoms with Gasteiger partial charge in [-0.3, -0.25) is 0 Å². The molecule has 164 valence electrons. The first-order valence-electron chi connectivity index (χ1n) is 10.2. The first-order chi connectivity index (χ1) is 14.1. The van der Waals surface area contributed by atoms with Crippen molar-refractivity contribution < 1.29 is 13.5 Å². The van der Waals surface area contributed by atoms with Crippen molar-refractivity contribution in [2.75, 3.05) is 23.4 Å². The molecular formula is C21H31N5O3S. The molecule has 0 saturated heterocycles. The van der Waals surface area contributed by atoms with Crippen molar-refractivity contribution in [3.8, 4) is 0 Å². The monoisotopic (exact) mass is 433 g/mol. The van der Waals surface area contributed by atoms with E-state index in [0.717, 1.165) is 35.7 Å². The Morgan fingerprint density at radius 3 is 2.50 bits per heavy atom. The van der Waals surface area contributed by atoms with E-state index in [4.69, 9.17) is 10.1 Å². The summed E-state index contributed by atoms with van der Waals surface area (Å²) in [6.07, 6.45) is 0.787. The van der Waals surface area contributed by atoms with Gasteiger partial charge in [-0.1, -0.05) is 33.8 Å². The van der Waals surface area contributed by atoms with Crippen LogP contribution in [0.2, 0.25) is 0 Å². The first kappa shape index (κ1) is 22.5. The highest BCUT2D eigenvalue weighted by Crippen LogP contribution is 2.28. The Kier molecular flexibility index (Phi) is 6.64. The maximum absolute atomic E-state index is 11.7. The lowest BCUT2D eigenvalue weighted by Crippen LogP contribution is -2.33. The van der Waals surface area contributed by atoms with E-state index < -0.39 is 10.0 Å². The Morgan fingerprint density at radius 2 is 1.90 bits per heavy atom. The molecule has 0 saturated carbocycles. The molecule has 0 bridgehead atoms. The largest absolute Gasteiger partial charge is 0.394 e. The molecule has 3 rings (SSSR count). The third kappa shape index (κ3) is 5.08. The van der Waals surface area contributed by atoms with Gasteiger partial charge in [0.2, 0.25) is 10.0 Å². The van der Waals surface area contributed by atoms with Crippen molar-refractivity contribution in [1.82, 2.24) is 9.97 Å². The van der Waals surface area contributed by atoms with E-state index in [-0.39, 0.29) is 29.4 Å². The second kappa shape index (κ2) is 8.87. The summed E-state index contributed by atoms with van der Waals surface area (Å²) in [5.41, 5.74) is 2.05. The molecule has 1 atom stereocenters. The molecule has 1 aromatic heterocycles. The number of anilines is 2. The molecule has 1 aliphatic heterocycles. The Morgan fingerprint density at radius 1 is 1.17 bits per heavy atom. The van der Waals surface area contributed by atoms with Crippen LogP contribution in [0.3, 0.4) is 0 Å². The van der Waals surface area contributed by atoms with E-state index in [0.29, 0.717) is 12.4 Å². The lowest BCUT2D eigenvalue weighted by atomic mass is 10.00. The summed E-state index contributed by atoms with van der Waals surface area (Å²) in [6.45, 7) is 9.50. The topological polar surface area (TPSA) is 121 Å². The predicted molar refractivity (Wildman–Crippen MR) is 118 cm³/mol. The molecular weight excluding hydrogens is 402 g/mol. The number of hydrogen-bond acceptors (Lipinski definition) is 7. The summed E-state index contributed by atoms with van der Waals surface area (Å²) < 4.78 is 23.5. The smallest absolute Gasteiger partial charge is 0.238 e. The average Bonchev–Trinajstić information content (AvgIpc) is 2.70. The maximum Gasteiger partial charge on any atom is 0.238 e. The van der Waals surface area contributed by atoms with Crippen LogP contribution in [0, 0.1) is 5.92 Å². The van der Waals surface area contributed by atoms with Crippen LogP contribution in [0.25, 0.3) is 0 Å². The van der Waals surface area contributed by atoms with Gasteiger partial charge in [0.15, 0.2) is 0 Å². The third-order valence-electron chi connectivity index (χ3n) is 5.42. The molecule has 30 heavy (non-hydrogen) atoms. The van der Waals surface area contributed by atoms with Crippen LogP contribution in [0.5, 0.6) is 0 Å². The standard InChI is InChI=1S/C21H31N5O3S/c1-13(2)18(12-27)23-19-10-20(25-21(24-19)14(3)4)26-8-7-15-5-6-17(30(22,28)29)9-16(15)11-26/h5-6,9-10,13-14,18,27H,7-8,11-12H2,1-4H3,(H2,22,28,29)(H,23,24,25)/t18-/m0/s1. The molecule has 0 radical (unpaired) electrons. The fourth-order valence-corrected chi connectivity index (χ4v) is 4.03. The maximum atomic E-state index is 11.7. The zero-order chi connectivity index (χ0) is 22.1. The molecule has 2 aromatic rings. The molecule has 0 aliphatic carbocycles. The average molecular weight is 434 g/mol. The molecule has 0 spiro atoms. The number of primary sulfonamides is 1. The van der Waals surface area contributed by atoms with Gasteiger partial charge in [-0.05, 0) is 35.6 Å². The highest BCUT2D eigenvalue weighted by atomic mass is 32.2. The molecule has 0 amide bonds. The van der Waals surface area contributed by atoms with Gasteiger partial charge in [0.25, 0.3) is 0 Å². The number of rotatable bonds is 7. The highest BCUT2D eigenvalue weighted by molar-refractivity contribution is 7.89. The summed E-state index contributed by atoms with van der Waals surface area (Å²) in [4.78, 5) is 11.6. The number of benzene rings is 1. The van der Waals surface area contributed by atoms with Crippen molar-refractivity contribution in [2.45, 2.75) is 57.5 Å². The Bertz CT molecular complexity index is 1010. The van der Waals surface area contributed by atoms with Crippen LogP contribution in [-0.4, -0.2) is 42.7 Å². The van der Waals surface area contributed by atoms with Gasteiger partial charge in [0.05, 0.1) is 17.5 Å². The third-order valence-corrected chi connectivity index (χ3v) is 6.33. The van der Waals surface area contributed by atoms with E-state index in [1.807, 2.05) is 39.8 Å². The van der Waals surface area contributed by atoms with Gasteiger partial charge in [-0.15, -0.1) is 0 Å². The van der Waals surface area contributed by atoms with Crippen LogP contribution in [0.4, 0.5) is 11.6 Å². The van der Waals surface area contributed by atoms with Crippen molar-refractivity contribution >= 4 is 21.7 Å². The summed E-state index contributed by atoms with van der Waals surface area (Å²) in [5.74, 6) is 2.57. The number of aromatic nitrogens is 2. The summed E-state index contributed by atoms with van der Waals surface area (Å²) >= 11 is 0.